The van der Waals surface area contributed by atoms with E-state index in [-0.39, 0.29) is 0 Å². The van der Waals surface area contributed by atoms with Crippen molar-refractivity contribution in [1.82, 2.24) is 0 Å². The van der Waals surface area contributed by atoms with Crippen molar-refractivity contribution in [2.45, 2.75) is 37.9 Å². The lowest BCUT2D eigenvalue weighted by molar-refractivity contribution is -0.117. The highest BCUT2D eigenvalue weighted by Crippen LogP contribution is 2.45. The Kier molecular flexibility index (Phi) is 1.25. The Morgan fingerprint density at radius 2 is 2.42 bits per heavy atom. The number of hydrogen-bond donors (Lipinski definition) is 0. The summed E-state index contributed by atoms with van der Waals surface area (Å²) in [5.41, 5.74) is 1.08. The van der Waals surface area contributed by atoms with Crippen molar-refractivity contribution in [3.63, 3.8) is 0 Å². The van der Waals surface area contributed by atoms with Crippen LogP contribution in [0.1, 0.15) is 25.7 Å². The second-order valence-electron chi connectivity index (χ2n) is 3.96. The highest BCUT2D eigenvalue weighted by atomic mass is 16.6. The van der Waals surface area contributed by atoms with E-state index in [1.807, 2.05) is 0 Å². The number of rotatable bonds is 0. The Labute approximate surface area is 71.6 Å². The Bertz CT molecular complexity index is 267. The Morgan fingerprint density at radius 3 is 3.33 bits per heavy atom. The maximum absolute atomic E-state index is 11.5. The zero-order valence-corrected chi connectivity index (χ0v) is 6.95. The average Bonchev–Trinajstić information content (AvgIpc) is 2.83. The molecular weight excluding hydrogens is 152 g/mol. The van der Waals surface area contributed by atoms with Gasteiger partial charge in [0.1, 0.15) is 0 Å². The van der Waals surface area contributed by atoms with Gasteiger partial charge in [-0.2, -0.15) is 0 Å². The van der Waals surface area contributed by atoms with Crippen LogP contribution in [0.4, 0.5) is 0 Å². The van der Waals surface area contributed by atoms with Crippen LogP contribution < -0.4 is 0 Å². The van der Waals surface area contributed by atoms with Gasteiger partial charge in [0, 0.05) is 12.3 Å². The van der Waals surface area contributed by atoms with E-state index in [1.165, 1.54) is 6.42 Å². The number of carbonyl (C=O) groups is 1. The molecule has 0 aromatic heterocycles. The topological polar surface area (TPSA) is 29.6 Å². The van der Waals surface area contributed by atoms with Gasteiger partial charge < -0.3 is 4.74 Å². The maximum atomic E-state index is 11.5. The number of ether oxygens (including phenoxy) is 1. The molecule has 3 aliphatic rings. The van der Waals surface area contributed by atoms with Crippen LogP contribution in [-0.2, 0) is 9.53 Å². The van der Waals surface area contributed by atoms with E-state index in [2.05, 4.69) is 6.08 Å². The second-order valence-corrected chi connectivity index (χ2v) is 3.96. The van der Waals surface area contributed by atoms with Crippen LogP contribution in [0.25, 0.3) is 0 Å². The van der Waals surface area contributed by atoms with Crippen molar-refractivity contribution >= 4 is 5.78 Å². The van der Waals surface area contributed by atoms with E-state index in [0.29, 0.717) is 23.9 Å². The highest BCUT2D eigenvalue weighted by molar-refractivity contribution is 5.97. The molecule has 2 heteroatoms. The van der Waals surface area contributed by atoms with Gasteiger partial charge in [0.25, 0.3) is 0 Å². The Hall–Kier alpha value is -0.630. The monoisotopic (exact) mass is 164 g/mol. The normalized spacial score (nSPS) is 44.5. The van der Waals surface area contributed by atoms with Crippen LogP contribution in [-0.4, -0.2) is 18.0 Å². The van der Waals surface area contributed by atoms with Crippen LogP contribution in [0.15, 0.2) is 11.6 Å². The molecule has 2 fully saturated rings. The minimum absolute atomic E-state index is 0.375. The first-order valence-corrected chi connectivity index (χ1v) is 4.75. The Morgan fingerprint density at radius 1 is 1.50 bits per heavy atom. The van der Waals surface area contributed by atoms with Crippen molar-refractivity contribution in [2.24, 2.45) is 5.92 Å². The van der Waals surface area contributed by atoms with Gasteiger partial charge in [-0.3, -0.25) is 4.79 Å². The fourth-order valence-corrected chi connectivity index (χ4v) is 2.54. The summed E-state index contributed by atoms with van der Waals surface area (Å²) in [7, 11) is 0. The molecule has 2 nitrogen and oxygen atoms in total. The molecule has 64 valence electrons. The van der Waals surface area contributed by atoms with Gasteiger partial charge in [-0.05, 0) is 24.8 Å². The third-order valence-corrected chi connectivity index (χ3v) is 3.23. The summed E-state index contributed by atoms with van der Waals surface area (Å²) < 4.78 is 5.49. The van der Waals surface area contributed by atoms with Crippen molar-refractivity contribution in [2.75, 3.05) is 0 Å². The fourth-order valence-electron chi connectivity index (χ4n) is 2.54. The van der Waals surface area contributed by atoms with Crippen LogP contribution >= 0.6 is 0 Å². The molecule has 1 saturated carbocycles. The quantitative estimate of drug-likeness (QED) is 0.507. The zero-order chi connectivity index (χ0) is 8.13. The first kappa shape index (κ1) is 6.84. The molecule has 0 aromatic carbocycles. The molecule has 1 heterocycles. The molecule has 1 saturated heterocycles. The van der Waals surface area contributed by atoms with Crippen molar-refractivity contribution in [1.29, 1.82) is 0 Å². The van der Waals surface area contributed by atoms with Crippen LogP contribution in [0.5, 0.6) is 0 Å². The largest absolute Gasteiger partial charge is 0.369 e. The average molecular weight is 164 g/mol. The van der Waals surface area contributed by atoms with E-state index in [1.54, 1.807) is 0 Å². The molecule has 12 heavy (non-hydrogen) atoms. The molecule has 0 radical (unpaired) electrons. The molecule has 3 atom stereocenters. The van der Waals surface area contributed by atoms with Crippen LogP contribution in [0.3, 0.4) is 0 Å². The molecule has 0 aromatic rings. The number of carbonyl (C=O) groups excluding carboxylic acids is 1. The van der Waals surface area contributed by atoms with Gasteiger partial charge in [-0.25, -0.2) is 0 Å². The third-order valence-electron chi connectivity index (χ3n) is 3.23. The molecule has 3 rings (SSSR count). The molecule has 2 aliphatic carbocycles. The summed E-state index contributed by atoms with van der Waals surface area (Å²) in [5.74, 6) is 0.838. The van der Waals surface area contributed by atoms with Crippen LogP contribution in [0, 0.1) is 5.92 Å². The predicted molar refractivity (Wildman–Crippen MR) is 43.7 cm³/mol. The van der Waals surface area contributed by atoms with Gasteiger partial charge in [0.15, 0.2) is 5.78 Å². The van der Waals surface area contributed by atoms with E-state index in [9.17, 15) is 4.79 Å². The molecular formula is C10H12O2. The summed E-state index contributed by atoms with van der Waals surface area (Å²) in [6.45, 7) is 0. The van der Waals surface area contributed by atoms with Gasteiger partial charge in [0.2, 0.25) is 0 Å². The number of fused-ring (bicyclic) bond motifs is 3. The smallest absolute Gasteiger partial charge is 0.158 e. The van der Waals surface area contributed by atoms with E-state index in [4.69, 9.17) is 4.74 Å². The summed E-state index contributed by atoms with van der Waals surface area (Å²) in [4.78, 5) is 11.5. The standard InChI is InChI=1S/C10H12O2/c11-8-3-1-2-7-6(8)4-5-9-10(7)12-9/h4,7,9-10H,1-3,5H2. The van der Waals surface area contributed by atoms with E-state index >= 15 is 0 Å². The minimum atomic E-state index is 0.375. The lowest BCUT2D eigenvalue weighted by Gasteiger charge is -2.24. The Balaban J connectivity index is 1.94. The van der Waals surface area contributed by atoms with Crippen molar-refractivity contribution < 1.29 is 9.53 Å². The highest BCUT2D eigenvalue weighted by Gasteiger charge is 2.49. The third kappa shape index (κ3) is 0.816. The number of ketones is 1. The number of hydrogen-bond acceptors (Lipinski definition) is 2. The lowest BCUT2D eigenvalue weighted by Crippen LogP contribution is -2.26. The number of epoxide rings is 1. The molecule has 0 N–H and O–H groups in total. The van der Waals surface area contributed by atoms with Gasteiger partial charge in [-0.15, -0.1) is 0 Å². The zero-order valence-electron chi connectivity index (χ0n) is 6.95. The molecule has 0 amide bonds. The van der Waals surface area contributed by atoms with Gasteiger partial charge >= 0.3 is 0 Å². The van der Waals surface area contributed by atoms with Crippen LogP contribution in [0.2, 0.25) is 0 Å². The molecule has 0 bridgehead atoms. The first-order valence-electron chi connectivity index (χ1n) is 4.75. The lowest BCUT2D eigenvalue weighted by atomic mass is 9.77. The van der Waals surface area contributed by atoms with E-state index in [0.717, 1.165) is 24.8 Å². The fraction of sp³-hybridized carbons (Fsp3) is 0.700. The SMILES string of the molecule is O=C1CCCC2C1=CCC1OC12. The summed E-state index contributed by atoms with van der Waals surface area (Å²) >= 11 is 0. The second kappa shape index (κ2) is 2.19. The molecule has 0 spiro atoms. The predicted octanol–water partition coefficient (Wildman–Crippen LogP) is 1.45. The summed E-state index contributed by atoms with van der Waals surface area (Å²) in [6, 6.07) is 0. The van der Waals surface area contributed by atoms with E-state index < -0.39 is 0 Å². The van der Waals surface area contributed by atoms with Gasteiger partial charge in [0.05, 0.1) is 12.2 Å². The summed E-state index contributed by atoms with van der Waals surface area (Å²) in [5, 5.41) is 0. The molecule has 3 unspecified atom stereocenters. The van der Waals surface area contributed by atoms with Crippen molar-refractivity contribution in [3.05, 3.63) is 11.6 Å². The first-order chi connectivity index (χ1) is 5.86. The van der Waals surface area contributed by atoms with Crippen molar-refractivity contribution in [3.8, 4) is 0 Å². The maximum Gasteiger partial charge on any atom is 0.158 e. The molecule has 1 aliphatic heterocycles. The van der Waals surface area contributed by atoms with Gasteiger partial charge in [-0.1, -0.05) is 6.08 Å². The summed E-state index contributed by atoms with van der Waals surface area (Å²) in [6.07, 6.45) is 6.95. The number of Topliss-reactive ketones (excluding diaryl/α,β-unsaturated/α-hetero) is 1. The minimum Gasteiger partial charge on any atom is -0.369 e.